The van der Waals surface area contributed by atoms with Crippen LogP contribution in [0.2, 0.25) is 0 Å². The molecule has 0 saturated carbocycles. The third-order valence-corrected chi connectivity index (χ3v) is 4.90. The Labute approximate surface area is 115 Å². The Bertz CT molecular complexity index is 516. The molecule has 1 aliphatic rings. The van der Waals surface area contributed by atoms with Gasteiger partial charge in [0.2, 0.25) is 10.0 Å². The molecule has 0 spiro atoms. The molecule has 2 heterocycles. The van der Waals surface area contributed by atoms with E-state index in [0.717, 1.165) is 24.4 Å². The lowest BCUT2D eigenvalue weighted by atomic mass is 10.1. The maximum Gasteiger partial charge on any atom is 0.211 e. The number of aryl methyl sites for hydroxylation is 1. The SMILES string of the molecule is Cc1ccc(C(C)NC2CCN(S(C)(=O)=O)CC2)o1. The predicted molar refractivity (Wildman–Crippen MR) is 74.4 cm³/mol. The fourth-order valence-corrected chi connectivity index (χ4v) is 3.35. The van der Waals surface area contributed by atoms with Crippen molar-refractivity contribution in [2.45, 2.75) is 38.8 Å². The van der Waals surface area contributed by atoms with Crippen LogP contribution in [-0.2, 0) is 10.0 Å². The average Bonchev–Trinajstić information content (AvgIpc) is 2.75. The second-order valence-electron chi connectivity index (χ2n) is 5.27. The van der Waals surface area contributed by atoms with Gasteiger partial charge in [-0.2, -0.15) is 0 Å². The van der Waals surface area contributed by atoms with Gasteiger partial charge in [0.05, 0.1) is 12.3 Å². The quantitative estimate of drug-likeness (QED) is 0.914. The van der Waals surface area contributed by atoms with Crippen LogP contribution in [0.25, 0.3) is 0 Å². The topological polar surface area (TPSA) is 62.6 Å². The van der Waals surface area contributed by atoms with Crippen LogP contribution in [-0.4, -0.2) is 38.1 Å². The minimum absolute atomic E-state index is 0.156. The Morgan fingerprint density at radius 3 is 2.47 bits per heavy atom. The molecule has 0 radical (unpaired) electrons. The van der Waals surface area contributed by atoms with Crippen molar-refractivity contribution < 1.29 is 12.8 Å². The number of furan rings is 1. The van der Waals surface area contributed by atoms with Gasteiger partial charge in [-0.3, -0.25) is 0 Å². The highest BCUT2D eigenvalue weighted by atomic mass is 32.2. The molecule has 1 unspecified atom stereocenters. The van der Waals surface area contributed by atoms with E-state index in [0.29, 0.717) is 19.1 Å². The predicted octanol–water partition coefficient (Wildman–Crippen LogP) is 1.66. The van der Waals surface area contributed by atoms with Crippen molar-refractivity contribution in [3.63, 3.8) is 0 Å². The average molecular weight is 286 g/mol. The van der Waals surface area contributed by atoms with Gasteiger partial charge in [0.1, 0.15) is 11.5 Å². The zero-order valence-electron chi connectivity index (χ0n) is 11.7. The molecule has 0 aromatic carbocycles. The number of rotatable bonds is 4. The van der Waals surface area contributed by atoms with Crippen molar-refractivity contribution in [3.8, 4) is 0 Å². The van der Waals surface area contributed by atoms with E-state index >= 15 is 0 Å². The van der Waals surface area contributed by atoms with Gasteiger partial charge in [0.15, 0.2) is 0 Å². The van der Waals surface area contributed by atoms with Gasteiger partial charge in [-0.25, -0.2) is 12.7 Å². The zero-order valence-corrected chi connectivity index (χ0v) is 12.5. The van der Waals surface area contributed by atoms with Crippen LogP contribution in [0.4, 0.5) is 0 Å². The number of sulfonamides is 1. The molecule has 1 saturated heterocycles. The largest absolute Gasteiger partial charge is 0.465 e. The van der Waals surface area contributed by atoms with E-state index < -0.39 is 10.0 Å². The second kappa shape index (κ2) is 5.64. The first-order chi connectivity index (χ1) is 8.86. The van der Waals surface area contributed by atoms with E-state index in [1.54, 1.807) is 4.31 Å². The van der Waals surface area contributed by atoms with Crippen LogP contribution in [0.3, 0.4) is 0 Å². The first-order valence-electron chi connectivity index (χ1n) is 6.64. The molecule has 1 atom stereocenters. The van der Waals surface area contributed by atoms with Gasteiger partial charge < -0.3 is 9.73 Å². The van der Waals surface area contributed by atoms with Crippen LogP contribution >= 0.6 is 0 Å². The molecule has 1 aliphatic heterocycles. The minimum atomic E-state index is -3.04. The summed E-state index contributed by atoms with van der Waals surface area (Å²) in [6.45, 7) is 5.20. The Kier molecular flexibility index (Phi) is 4.32. The summed E-state index contributed by atoms with van der Waals surface area (Å²) in [5.74, 6) is 1.85. The van der Waals surface area contributed by atoms with E-state index in [1.165, 1.54) is 6.26 Å². The summed E-state index contributed by atoms with van der Waals surface area (Å²) in [4.78, 5) is 0. The molecule has 1 fully saturated rings. The molecule has 0 bridgehead atoms. The smallest absolute Gasteiger partial charge is 0.211 e. The molecular formula is C13H22N2O3S. The Morgan fingerprint density at radius 2 is 2.00 bits per heavy atom. The third-order valence-electron chi connectivity index (χ3n) is 3.60. The highest BCUT2D eigenvalue weighted by molar-refractivity contribution is 7.88. The lowest BCUT2D eigenvalue weighted by molar-refractivity contribution is 0.268. The maximum absolute atomic E-state index is 11.4. The minimum Gasteiger partial charge on any atom is -0.465 e. The standard InChI is InChI=1S/C13H22N2O3S/c1-10-4-5-13(18-10)11(2)14-12-6-8-15(9-7-12)19(3,16)17/h4-5,11-12,14H,6-9H2,1-3H3. The number of hydrogen-bond acceptors (Lipinski definition) is 4. The lowest BCUT2D eigenvalue weighted by Crippen LogP contribution is -2.45. The van der Waals surface area contributed by atoms with Gasteiger partial charge in [-0.1, -0.05) is 0 Å². The van der Waals surface area contributed by atoms with Crippen LogP contribution in [0.5, 0.6) is 0 Å². The number of nitrogens with one attached hydrogen (secondary N) is 1. The Balaban J connectivity index is 1.86. The molecule has 1 aromatic rings. The van der Waals surface area contributed by atoms with Crippen molar-refractivity contribution in [1.29, 1.82) is 0 Å². The normalized spacial score (nSPS) is 20.6. The summed E-state index contributed by atoms with van der Waals surface area (Å²) in [5, 5.41) is 3.51. The van der Waals surface area contributed by atoms with Crippen molar-refractivity contribution in [3.05, 3.63) is 23.7 Å². The third kappa shape index (κ3) is 3.81. The highest BCUT2D eigenvalue weighted by Gasteiger charge is 2.26. The molecule has 2 rings (SSSR count). The Morgan fingerprint density at radius 1 is 1.37 bits per heavy atom. The van der Waals surface area contributed by atoms with E-state index in [2.05, 4.69) is 12.2 Å². The molecule has 0 amide bonds. The van der Waals surface area contributed by atoms with Gasteiger partial charge in [-0.05, 0) is 38.8 Å². The Hall–Kier alpha value is -0.850. The summed E-state index contributed by atoms with van der Waals surface area (Å²) in [6, 6.07) is 4.44. The molecule has 1 N–H and O–H groups in total. The molecule has 6 heteroatoms. The summed E-state index contributed by atoms with van der Waals surface area (Å²) in [6.07, 6.45) is 2.96. The summed E-state index contributed by atoms with van der Waals surface area (Å²) in [7, 11) is -3.04. The van der Waals surface area contributed by atoms with Crippen molar-refractivity contribution >= 4 is 10.0 Å². The monoisotopic (exact) mass is 286 g/mol. The van der Waals surface area contributed by atoms with Crippen LogP contribution in [0.15, 0.2) is 16.5 Å². The first-order valence-corrected chi connectivity index (χ1v) is 8.48. The van der Waals surface area contributed by atoms with Crippen LogP contribution in [0.1, 0.15) is 37.3 Å². The number of piperidine rings is 1. The second-order valence-corrected chi connectivity index (χ2v) is 7.26. The molecular weight excluding hydrogens is 264 g/mol. The van der Waals surface area contributed by atoms with Crippen LogP contribution < -0.4 is 5.32 Å². The van der Waals surface area contributed by atoms with E-state index in [-0.39, 0.29) is 6.04 Å². The fraction of sp³-hybridized carbons (Fsp3) is 0.692. The van der Waals surface area contributed by atoms with E-state index in [1.807, 2.05) is 19.1 Å². The van der Waals surface area contributed by atoms with Crippen molar-refractivity contribution in [2.24, 2.45) is 0 Å². The van der Waals surface area contributed by atoms with Gasteiger partial charge >= 0.3 is 0 Å². The van der Waals surface area contributed by atoms with Gasteiger partial charge in [0, 0.05) is 19.1 Å². The molecule has 1 aromatic heterocycles. The molecule has 19 heavy (non-hydrogen) atoms. The summed E-state index contributed by atoms with van der Waals surface area (Å²) in [5.41, 5.74) is 0. The highest BCUT2D eigenvalue weighted by Crippen LogP contribution is 2.20. The lowest BCUT2D eigenvalue weighted by Gasteiger charge is -2.32. The fourth-order valence-electron chi connectivity index (χ4n) is 2.48. The van der Waals surface area contributed by atoms with Gasteiger partial charge in [-0.15, -0.1) is 0 Å². The summed E-state index contributed by atoms with van der Waals surface area (Å²) < 4.78 is 30.0. The molecule has 0 aliphatic carbocycles. The summed E-state index contributed by atoms with van der Waals surface area (Å²) >= 11 is 0. The van der Waals surface area contributed by atoms with E-state index in [9.17, 15) is 8.42 Å². The number of nitrogens with zero attached hydrogens (tertiary/aromatic N) is 1. The molecule has 5 nitrogen and oxygen atoms in total. The van der Waals surface area contributed by atoms with Crippen LogP contribution in [0, 0.1) is 6.92 Å². The van der Waals surface area contributed by atoms with Crippen molar-refractivity contribution in [2.75, 3.05) is 19.3 Å². The van der Waals surface area contributed by atoms with E-state index in [4.69, 9.17) is 4.42 Å². The van der Waals surface area contributed by atoms with Crippen molar-refractivity contribution in [1.82, 2.24) is 9.62 Å². The number of hydrogen-bond donors (Lipinski definition) is 1. The first kappa shape index (κ1) is 14.6. The van der Waals surface area contributed by atoms with Gasteiger partial charge in [0.25, 0.3) is 0 Å². The maximum atomic E-state index is 11.4. The molecule has 108 valence electrons. The zero-order chi connectivity index (χ0) is 14.0.